The van der Waals surface area contributed by atoms with Gasteiger partial charge in [0, 0.05) is 17.7 Å². The maximum Gasteiger partial charge on any atom is 0.335 e. The summed E-state index contributed by atoms with van der Waals surface area (Å²) in [7, 11) is 0. The second-order valence-corrected chi connectivity index (χ2v) is 2.95. The van der Waals surface area contributed by atoms with Crippen molar-refractivity contribution in [3.05, 3.63) is 23.3 Å². The number of carbonyl (C=O) groups is 1. The Hall–Kier alpha value is -1.71. The zero-order valence-electron chi connectivity index (χ0n) is 6.91. The number of hydrogen-bond acceptors (Lipinski definition) is 3. The first-order valence-electron chi connectivity index (χ1n) is 3.97. The highest BCUT2D eigenvalue weighted by molar-refractivity contribution is 5.90. The first-order valence-corrected chi connectivity index (χ1v) is 3.97. The number of carboxylic acids is 1. The lowest BCUT2D eigenvalue weighted by Crippen LogP contribution is -1.99. The molecule has 0 aromatic heterocycles. The van der Waals surface area contributed by atoms with Crippen LogP contribution in [0.15, 0.2) is 12.1 Å². The van der Waals surface area contributed by atoms with E-state index in [2.05, 4.69) is 0 Å². The highest BCUT2D eigenvalue weighted by Gasteiger charge is 2.17. The number of nitrogen functional groups attached to an aromatic ring is 1. The van der Waals surface area contributed by atoms with Crippen LogP contribution in [0.4, 0.5) is 5.69 Å². The molecule has 0 amide bonds. The van der Waals surface area contributed by atoms with Crippen LogP contribution < -0.4 is 10.5 Å². The van der Waals surface area contributed by atoms with E-state index in [1.54, 1.807) is 0 Å². The molecule has 3 N–H and O–H groups in total. The molecule has 0 aliphatic carbocycles. The Kier molecular flexibility index (Phi) is 1.62. The van der Waals surface area contributed by atoms with Crippen LogP contribution in [0.1, 0.15) is 15.9 Å². The van der Waals surface area contributed by atoms with Crippen molar-refractivity contribution in [2.45, 2.75) is 6.42 Å². The van der Waals surface area contributed by atoms with Gasteiger partial charge in [-0.05, 0) is 12.1 Å². The van der Waals surface area contributed by atoms with Gasteiger partial charge in [0.1, 0.15) is 5.75 Å². The average Bonchev–Trinajstić information content (AvgIpc) is 2.51. The fourth-order valence-corrected chi connectivity index (χ4v) is 1.45. The number of benzene rings is 1. The monoisotopic (exact) mass is 179 g/mol. The van der Waals surface area contributed by atoms with Gasteiger partial charge in [-0.2, -0.15) is 0 Å². The van der Waals surface area contributed by atoms with Gasteiger partial charge in [-0.1, -0.05) is 0 Å². The standard InChI is InChI=1S/C9H9NO3/c10-7-3-5(9(11)12)4-8-6(7)1-2-13-8/h3-4H,1-2,10H2,(H,11,12). The van der Waals surface area contributed by atoms with Crippen LogP contribution in [0.5, 0.6) is 5.75 Å². The molecule has 1 aromatic rings. The van der Waals surface area contributed by atoms with Gasteiger partial charge in [-0.3, -0.25) is 0 Å². The van der Waals surface area contributed by atoms with Crippen LogP contribution in [-0.4, -0.2) is 17.7 Å². The third-order valence-corrected chi connectivity index (χ3v) is 2.10. The number of fused-ring (bicyclic) bond motifs is 1. The highest BCUT2D eigenvalue weighted by atomic mass is 16.5. The topological polar surface area (TPSA) is 72.6 Å². The summed E-state index contributed by atoms with van der Waals surface area (Å²) >= 11 is 0. The fourth-order valence-electron chi connectivity index (χ4n) is 1.45. The lowest BCUT2D eigenvalue weighted by molar-refractivity contribution is 0.0696. The molecule has 68 valence electrons. The van der Waals surface area contributed by atoms with Crippen molar-refractivity contribution in [3.8, 4) is 5.75 Å². The Morgan fingerprint density at radius 3 is 3.00 bits per heavy atom. The Morgan fingerprint density at radius 1 is 1.54 bits per heavy atom. The molecule has 4 nitrogen and oxygen atoms in total. The van der Waals surface area contributed by atoms with E-state index in [1.165, 1.54) is 12.1 Å². The van der Waals surface area contributed by atoms with E-state index in [0.29, 0.717) is 18.0 Å². The van der Waals surface area contributed by atoms with Crippen LogP contribution in [0.25, 0.3) is 0 Å². The van der Waals surface area contributed by atoms with Gasteiger partial charge in [-0.15, -0.1) is 0 Å². The van der Waals surface area contributed by atoms with Gasteiger partial charge in [0.05, 0.1) is 12.2 Å². The van der Waals surface area contributed by atoms with Crippen LogP contribution >= 0.6 is 0 Å². The fraction of sp³-hybridized carbons (Fsp3) is 0.222. The Bertz CT molecular complexity index is 373. The minimum atomic E-state index is -0.981. The predicted molar refractivity (Wildman–Crippen MR) is 47.0 cm³/mol. The molecule has 1 heterocycles. The molecule has 13 heavy (non-hydrogen) atoms. The first kappa shape index (κ1) is 7.91. The number of rotatable bonds is 1. The molecular formula is C9H9NO3. The zero-order valence-corrected chi connectivity index (χ0v) is 6.91. The van der Waals surface area contributed by atoms with Gasteiger partial charge >= 0.3 is 5.97 Å². The zero-order chi connectivity index (χ0) is 9.42. The van der Waals surface area contributed by atoms with Crippen molar-refractivity contribution in [1.82, 2.24) is 0 Å². The van der Waals surface area contributed by atoms with E-state index in [0.717, 1.165) is 12.0 Å². The van der Waals surface area contributed by atoms with E-state index in [-0.39, 0.29) is 5.56 Å². The molecule has 0 saturated carbocycles. The van der Waals surface area contributed by atoms with Gasteiger partial charge in [0.2, 0.25) is 0 Å². The summed E-state index contributed by atoms with van der Waals surface area (Å²) in [5, 5.41) is 8.73. The summed E-state index contributed by atoms with van der Waals surface area (Å²) in [6, 6.07) is 2.98. The number of aromatic carboxylic acids is 1. The molecule has 0 atom stereocenters. The third-order valence-electron chi connectivity index (χ3n) is 2.10. The smallest absolute Gasteiger partial charge is 0.335 e. The summed E-state index contributed by atoms with van der Waals surface area (Å²) in [5.41, 5.74) is 7.27. The quantitative estimate of drug-likeness (QED) is 0.628. The average molecular weight is 179 g/mol. The van der Waals surface area contributed by atoms with Crippen LogP contribution in [0, 0.1) is 0 Å². The minimum absolute atomic E-state index is 0.179. The van der Waals surface area contributed by atoms with Gasteiger partial charge < -0.3 is 15.6 Å². The summed E-state index contributed by atoms with van der Waals surface area (Å²) in [6.07, 6.45) is 0.765. The molecule has 1 aromatic carbocycles. The third kappa shape index (κ3) is 1.20. The Labute approximate surface area is 74.9 Å². The van der Waals surface area contributed by atoms with Crippen molar-refractivity contribution >= 4 is 11.7 Å². The van der Waals surface area contributed by atoms with Crippen molar-refractivity contribution < 1.29 is 14.6 Å². The van der Waals surface area contributed by atoms with Gasteiger partial charge in [0.25, 0.3) is 0 Å². The second kappa shape index (κ2) is 2.65. The summed E-state index contributed by atoms with van der Waals surface area (Å²) in [6.45, 7) is 0.586. The molecule has 1 aliphatic rings. The maximum atomic E-state index is 10.6. The molecule has 0 saturated heterocycles. The number of carboxylic acid groups (broad SMARTS) is 1. The molecule has 2 rings (SSSR count). The van der Waals surface area contributed by atoms with Crippen molar-refractivity contribution in [1.29, 1.82) is 0 Å². The molecule has 0 fully saturated rings. The first-order chi connectivity index (χ1) is 6.18. The molecular weight excluding hydrogens is 170 g/mol. The van der Waals surface area contributed by atoms with Gasteiger partial charge in [-0.25, -0.2) is 4.79 Å². The maximum absolute atomic E-state index is 10.6. The summed E-state index contributed by atoms with van der Waals surface area (Å²) in [5.74, 6) is -0.373. The number of hydrogen-bond donors (Lipinski definition) is 2. The largest absolute Gasteiger partial charge is 0.493 e. The lowest BCUT2D eigenvalue weighted by atomic mass is 10.1. The van der Waals surface area contributed by atoms with E-state index in [1.807, 2.05) is 0 Å². The molecule has 0 spiro atoms. The molecule has 0 bridgehead atoms. The predicted octanol–water partition coefficient (Wildman–Crippen LogP) is 0.902. The molecule has 0 unspecified atom stereocenters. The van der Waals surface area contributed by atoms with E-state index in [9.17, 15) is 4.79 Å². The number of nitrogens with two attached hydrogens (primary N) is 1. The van der Waals surface area contributed by atoms with Crippen LogP contribution in [0.2, 0.25) is 0 Å². The van der Waals surface area contributed by atoms with E-state index >= 15 is 0 Å². The van der Waals surface area contributed by atoms with Crippen LogP contribution in [-0.2, 0) is 6.42 Å². The Balaban J connectivity index is 2.55. The number of ether oxygens (including phenoxy) is 1. The van der Waals surface area contributed by atoms with E-state index in [4.69, 9.17) is 15.6 Å². The molecule has 1 aliphatic heterocycles. The summed E-state index contributed by atoms with van der Waals surface area (Å²) in [4.78, 5) is 10.6. The van der Waals surface area contributed by atoms with Crippen molar-refractivity contribution in [3.63, 3.8) is 0 Å². The van der Waals surface area contributed by atoms with Crippen molar-refractivity contribution in [2.75, 3.05) is 12.3 Å². The lowest BCUT2D eigenvalue weighted by Gasteiger charge is -2.03. The van der Waals surface area contributed by atoms with Gasteiger partial charge in [0.15, 0.2) is 0 Å². The van der Waals surface area contributed by atoms with E-state index < -0.39 is 5.97 Å². The normalized spacial score (nSPS) is 13.5. The van der Waals surface area contributed by atoms with Crippen molar-refractivity contribution in [2.24, 2.45) is 0 Å². The number of anilines is 1. The summed E-state index contributed by atoms with van der Waals surface area (Å²) < 4.78 is 5.23. The molecule has 4 heteroatoms. The highest BCUT2D eigenvalue weighted by Crippen LogP contribution is 2.31. The Morgan fingerprint density at radius 2 is 2.31 bits per heavy atom. The molecule has 0 radical (unpaired) electrons. The minimum Gasteiger partial charge on any atom is -0.493 e. The SMILES string of the molecule is Nc1cc(C(=O)O)cc2c1CCO2. The van der Waals surface area contributed by atoms with Crippen LogP contribution in [0.3, 0.4) is 0 Å². The second-order valence-electron chi connectivity index (χ2n) is 2.95.